The topological polar surface area (TPSA) is 67.6 Å². The molecular formula is C12H17N3O3. The number of rotatable bonds is 3. The third-order valence-corrected chi connectivity index (χ3v) is 3.19. The molecule has 6 heteroatoms. The molecule has 18 heavy (non-hydrogen) atoms. The molecule has 1 saturated heterocycles. The molecule has 0 spiro atoms. The number of nitrogens with one attached hydrogen (secondary N) is 1. The second kappa shape index (κ2) is 5.22. The third kappa shape index (κ3) is 2.38. The summed E-state index contributed by atoms with van der Waals surface area (Å²) in [5.74, 6) is 0.309. The van der Waals surface area contributed by atoms with Crippen molar-refractivity contribution in [2.45, 2.75) is 13.0 Å². The van der Waals surface area contributed by atoms with Crippen LogP contribution in [-0.2, 0) is 0 Å². The van der Waals surface area contributed by atoms with Crippen LogP contribution in [0.4, 0.5) is 11.4 Å². The molecule has 1 N–H and O–H groups in total. The summed E-state index contributed by atoms with van der Waals surface area (Å²) in [5, 5.41) is 14.1. The van der Waals surface area contributed by atoms with Crippen molar-refractivity contribution in [3.05, 3.63) is 28.3 Å². The number of hydrogen-bond acceptors (Lipinski definition) is 5. The summed E-state index contributed by atoms with van der Waals surface area (Å²) >= 11 is 0. The molecule has 1 aliphatic heterocycles. The minimum atomic E-state index is -0.427. The highest BCUT2D eigenvalue weighted by Crippen LogP contribution is 2.32. The fourth-order valence-electron chi connectivity index (χ4n) is 2.22. The van der Waals surface area contributed by atoms with Gasteiger partial charge < -0.3 is 15.0 Å². The van der Waals surface area contributed by atoms with Gasteiger partial charge in [0.25, 0.3) is 0 Å². The van der Waals surface area contributed by atoms with Crippen LogP contribution in [0.2, 0.25) is 0 Å². The van der Waals surface area contributed by atoms with Crippen LogP contribution in [0.25, 0.3) is 0 Å². The van der Waals surface area contributed by atoms with Crippen LogP contribution in [0.3, 0.4) is 0 Å². The molecule has 0 bridgehead atoms. The number of hydrogen-bond donors (Lipinski definition) is 1. The number of piperazine rings is 1. The Morgan fingerprint density at radius 2 is 2.33 bits per heavy atom. The summed E-state index contributed by atoms with van der Waals surface area (Å²) in [6.07, 6.45) is 0. The van der Waals surface area contributed by atoms with E-state index in [4.69, 9.17) is 4.74 Å². The van der Waals surface area contributed by atoms with Crippen molar-refractivity contribution in [2.75, 3.05) is 31.6 Å². The molecule has 98 valence electrons. The summed E-state index contributed by atoms with van der Waals surface area (Å²) in [6.45, 7) is 4.85. The number of anilines is 1. The van der Waals surface area contributed by atoms with E-state index in [1.165, 1.54) is 13.2 Å². The maximum Gasteiger partial charge on any atom is 0.311 e. The molecule has 1 aliphatic rings. The van der Waals surface area contributed by atoms with E-state index in [-0.39, 0.29) is 5.69 Å². The lowest BCUT2D eigenvalue weighted by molar-refractivity contribution is -0.385. The van der Waals surface area contributed by atoms with Crippen molar-refractivity contribution < 1.29 is 9.66 Å². The lowest BCUT2D eigenvalue weighted by atomic mass is 10.1. The molecule has 1 aromatic carbocycles. The number of benzene rings is 1. The van der Waals surface area contributed by atoms with E-state index in [1.807, 2.05) is 0 Å². The maximum absolute atomic E-state index is 10.8. The van der Waals surface area contributed by atoms with Gasteiger partial charge in [0, 0.05) is 43.5 Å². The van der Waals surface area contributed by atoms with Crippen LogP contribution in [0.1, 0.15) is 6.92 Å². The number of ether oxygens (including phenoxy) is 1. The summed E-state index contributed by atoms with van der Waals surface area (Å²) in [7, 11) is 1.45. The quantitative estimate of drug-likeness (QED) is 0.649. The molecular weight excluding hydrogens is 234 g/mol. The molecule has 1 heterocycles. The van der Waals surface area contributed by atoms with Gasteiger partial charge in [-0.05, 0) is 13.0 Å². The van der Waals surface area contributed by atoms with Crippen LogP contribution >= 0.6 is 0 Å². The Morgan fingerprint density at radius 1 is 1.56 bits per heavy atom. The largest absolute Gasteiger partial charge is 0.490 e. The number of nitro benzene ring substituents is 1. The van der Waals surface area contributed by atoms with Gasteiger partial charge in [0.2, 0.25) is 0 Å². The highest BCUT2D eigenvalue weighted by molar-refractivity contribution is 5.59. The van der Waals surface area contributed by atoms with Crippen LogP contribution in [0, 0.1) is 10.1 Å². The summed E-state index contributed by atoms with van der Waals surface area (Å²) < 4.78 is 5.09. The number of methoxy groups -OCH3 is 1. The van der Waals surface area contributed by atoms with Gasteiger partial charge in [-0.25, -0.2) is 0 Å². The van der Waals surface area contributed by atoms with Crippen molar-refractivity contribution in [3.63, 3.8) is 0 Å². The predicted molar refractivity (Wildman–Crippen MR) is 69.3 cm³/mol. The molecule has 0 aromatic heterocycles. The van der Waals surface area contributed by atoms with Crippen molar-refractivity contribution in [2.24, 2.45) is 0 Å². The van der Waals surface area contributed by atoms with Crippen molar-refractivity contribution in [1.82, 2.24) is 5.32 Å². The average Bonchev–Trinajstić information content (AvgIpc) is 2.38. The zero-order chi connectivity index (χ0) is 13.1. The molecule has 2 rings (SSSR count). The van der Waals surface area contributed by atoms with E-state index in [1.54, 1.807) is 12.1 Å². The van der Waals surface area contributed by atoms with Crippen molar-refractivity contribution in [3.8, 4) is 5.75 Å². The maximum atomic E-state index is 10.8. The number of nitrogens with zero attached hydrogens (tertiary/aromatic N) is 2. The molecule has 1 aromatic rings. The lowest BCUT2D eigenvalue weighted by Crippen LogP contribution is -2.49. The number of nitro groups is 1. The molecule has 1 fully saturated rings. The van der Waals surface area contributed by atoms with Gasteiger partial charge in [0.1, 0.15) is 0 Å². The summed E-state index contributed by atoms with van der Waals surface area (Å²) in [5.41, 5.74) is 0.968. The SMILES string of the molecule is COc1cc(N2CCNCC2C)ccc1[N+](=O)[O-]. The standard InChI is InChI=1S/C12H17N3O3/c1-9-8-13-5-6-14(9)10-3-4-11(15(16)17)12(7-10)18-2/h3-4,7,9,13H,5-6,8H2,1-2H3. The van der Waals surface area contributed by atoms with Crippen LogP contribution in [0.15, 0.2) is 18.2 Å². The zero-order valence-electron chi connectivity index (χ0n) is 10.5. The van der Waals surface area contributed by atoms with Crippen molar-refractivity contribution >= 4 is 11.4 Å². The molecule has 6 nitrogen and oxygen atoms in total. The Hall–Kier alpha value is -1.82. The van der Waals surface area contributed by atoms with E-state index < -0.39 is 4.92 Å². The smallest absolute Gasteiger partial charge is 0.311 e. The van der Waals surface area contributed by atoms with Gasteiger partial charge in [-0.2, -0.15) is 0 Å². The Kier molecular flexibility index (Phi) is 3.66. The fourth-order valence-corrected chi connectivity index (χ4v) is 2.22. The van der Waals surface area contributed by atoms with Gasteiger partial charge >= 0.3 is 5.69 Å². The third-order valence-electron chi connectivity index (χ3n) is 3.19. The second-order valence-electron chi connectivity index (χ2n) is 4.36. The molecule has 0 saturated carbocycles. The van der Waals surface area contributed by atoms with E-state index in [9.17, 15) is 10.1 Å². The van der Waals surface area contributed by atoms with Crippen molar-refractivity contribution in [1.29, 1.82) is 0 Å². The van der Waals surface area contributed by atoms with E-state index in [2.05, 4.69) is 17.1 Å². The first-order valence-electron chi connectivity index (χ1n) is 5.93. The highest BCUT2D eigenvalue weighted by Gasteiger charge is 2.21. The fraction of sp³-hybridized carbons (Fsp3) is 0.500. The first kappa shape index (κ1) is 12.6. The van der Waals surface area contributed by atoms with Gasteiger partial charge in [0.15, 0.2) is 5.75 Å². The second-order valence-corrected chi connectivity index (χ2v) is 4.36. The van der Waals surface area contributed by atoms with Crippen LogP contribution < -0.4 is 15.0 Å². The van der Waals surface area contributed by atoms with Gasteiger partial charge in [-0.15, -0.1) is 0 Å². The Bertz CT molecular complexity index is 450. The molecule has 0 amide bonds. The Morgan fingerprint density at radius 3 is 2.94 bits per heavy atom. The average molecular weight is 251 g/mol. The minimum Gasteiger partial charge on any atom is -0.490 e. The predicted octanol–water partition coefficient (Wildman–Crippen LogP) is 1.40. The van der Waals surface area contributed by atoms with E-state index >= 15 is 0 Å². The van der Waals surface area contributed by atoms with Gasteiger partial charge in [-0.3, -0.25) is 10.1 Å². The van der Waals surface area contributed by atoms with Crippen LogP contribution in [-0.4, -0.2) is 37.7 Å². The minimum absolute atomic E-state index is 0.00374. The summed E-state index contributed by atoms with van der Waals surface area (Å²) in [6, 6.07) is 5.38. The molecule has 0 aliphatic carbocycles. The molecule has 1 atom stereocenters. The van der Waals surface area contributed by atoms with Gasteiger partial charge in [-0.1, -0.05) is 0 Å². The Labute approximate surface area is 106 Å². The van der Waals surface area contributed by atoms with E-state index in [0.717, 1.165) is 25.3 Å². The molecule has 1 unspecified atom stereocenters. The zero-order valence-corrected chi connectivity index (χ0v) is 10.5. The molecule has 0 radical (unpaired) electrons. The summed E-state index contributed by atoms with van der Waals surface area (Å²) in [4.78, 5) is 12.6. The highest BCUT2D eigenvalue weighted by atomic mass is 16.6. The normalized spacial score (nSPS) is 19.7. The lowest BCUT2D eigenvalue weighted by Gasteiger charge is -2.35. The first-order valence-corrected chi connectivity index (χ1v) is 5.93. The monoisotopic (exact) mass is 251 g/mol. The van der Waals surface area contributed by atoms with E-state index in [0.29, 0.717) is 11.8 Å². The van der Waals surface area contributed by atoms with Crippen LogP contribution in [0.5, 0.6) is 5.75 Å². The first-order chi connectivity index (χ1) is 8.63. The van der Waals surface area contributed by atoms with Gasteiger partial charge in [0.05, 0.1) is 12.0 Å². The Balaban J connectivity index is 2.31.